The monoisotopic (exact) mass is 353 g/mol. The van der Waals surface area contributed by atoms with Gasteiger partial charge in [0.25, 0.3) is 5.69 Å². The van der Waals surface area contributed by atoms with Gasteiger partial charge in [0.1, 0.15) is 5.00 Å². The fraction of sp³-hybridized carbons (Fsp3) is 0. The molecule has 118 valence electrons. The quantitative estimate of drug-likeness (QED) is 0.372. The molecule has 0 amide bonds. The molecule has 0 fully saturated rings. The van der Waals surface area contributed by atoms with E-state index in [-0.39, 0.29) is 10.6 Å². The van der Waals surface area contributed by atoms with Gasteiger partial charge < -0.3 is 0 Å². The Labute approximate surface area is 145 Å². The Morgan fingerprint density at radius 2 is 2.04 bits per heavy atom. The highest BCUT2D eigenvalue weighted by Crippen LogP contribution is 2.41. The van der Waals surface area contributed by atoms with E-state index in [2.05, 4.69) is 17.1 Å². The van der Waals surface area contributed by atoms with Crippen molar-refractivity contribution in [3.05, 3.63) is 76.7 Å². The van der Waals surface area contributed by atoms with Gasteiger partial charge in [0.05, 0.1) is 11.3 Å². The molecular weight excluding hydrogens is 342 g/mol. The summed E-state index contributed by atoms with van der Waals surface area (Å²) in [7, 11) is 0. The third-order valence-electron chi connectivity index (χ3n) is 3.58. The number of rotatable bonds is 4. The van der Waals surface area contributed by atoms with Crippen molar-refractivity contribution in [2.24, 2.45) is 0 Å². The zero-order valence-electron chi connectivity index (χ0n) is 12.3. The van der Waals surface area contributed by atoms with E-state index in [1.807, 2.05) is 28.3 Å². The molecule has 0 saturated heterocycles. The van der Waals surface area contributed by atoms with Crippen LogP contribution in [0.2, 0.25) is 0 Å². The molecule has 7 heteroatoms. The van der Waals surface area contributed by atoms with Crippen LogP contribution in [-0.2, 0) is 0 Å². The maximum atomic E-state index is 11.0. The van der Waals surface area contributed by atoms with E-state index in [1.54, 1.807) is 47.3 Å². The Hall–Kier alpha value is -2.77. The SMILES string of the molecule is O=[N+]([O-])c1cccc(-c2cc(-c3cccs3)c(-n3ccnc3)s2)c1. The third kappa shape index (κ3) is 2.64. The molecular formula is C17H11N3O2S2. The lowest BCUT2D eigenvalue weighted by molar-refractivity contribution is -0.384. The second-order valence-corrected chi connectivity index (χ2v) is 7.06. The number of benzene rings is 1. The lowest BCUT2D eigenvalue weighted by atomic mass is 10.1. The molecule has 1 aromatic carbocycles. The molecule has 3 aromatic heterocycles. The van der Waals surface area contributed by atoms with Crippen molar-refractivity contribution < 1.29 is 4.92 Å². The van der Waals surface area contributed by atoms with Crippen molar-refractivity contribution in [2.75, 3.05) is 0 Å². The van der Waals surface area contributed by atoms with E-state index < -0.39 is 0 Å². The van der Waals surface area contributed by atoms with Crippen LogP contribution >= 0.6 is 22.7 Å². The molecule has 0 aliphatic rings. The van der Waals surface area contributed by atoms with Crippen LogP contribution in [-0.4, -0.2) is 14.5 Å². The van der Waals surface area contributed by atoms with Crippen molar-refractivity contribution in [1.82, 2.24) is 9.55 Å². The summed E-state index contributed by atoms with van der Waals surface area (Å²) in [6, 6.07) is 12.9. The molecule has 24 heavy (non-hydrogen) atoms. The van der Waals surface area contributed by atoms with E-state index in [9.17, 15) is 10.1 Å². The number of nitro benzene ring substituents is 1. The van der Waals surface area contributed by atoms with Crippen LogP contribution in [0.3, 0.4) is 0 Å². The number of nitro groups is 1. The summed E-state index contributed by atoms with van der Waals surface area (Å²) < 4.78 is 1.97. The summed E-state index contributed by atoms with van der Waals surface area (Å²) in [5.41, 5.74) is 2.05. The van der Waals surface area contributed by atoms with Crippen LogP contribution in [0.4, 0.5) is 5.69 Å². The van der Waals surface area contributed by atoms with Gasteiger partial charge in [0.2, 0.25) is 0 Å². The highest BCUT2D eigenvalue weighted by atomic mass is 32.1. The number of aromatic nitrogens is 2. The normalized spacial score (nSPS) is 10.8. The Kier molecular flexibility index (Phi) is 3.72. The fourth-order valence-electron chi connectivity index (χ4n) is 2.48. The van der Waals surface area contributed by atoms with Crippen molar-refractivity contribution in [3.8, 4) is 25.9 Å². The van der Waals surface area contributed by atoms with Crippen LogP contribution < -0.4 is 0 Å². The summed E-state index contributed by atoms with van der Waals surface area (Å²) in [5.74, 6) is 0. The Morgan fingerprint density at radius 1 is 1.12 bits per heavy atom. The lowest BCUT2D eigenvalue weighted by Crippen LogP contribution is -1.87. The van der Waals surface area contributed by atoms with Gasteiger partial charge >= 0.3 is 0 Å². The first-order valence-electron chi connectivity index (χ1n) is 7.13. The number of hydrogen-bond acceptors (Lipinski definition) is 5. The predicted molar refractivity (Wildman–Crippen MR) is 96.8 cm³/mol. The van der Waals surface area contributed by atoms with Crippen molar-refractivity contribution in [3.63, 3.8) is 0 Å². The molecule has 3 heterocycles. The van der Waals surface area contributed by atoms with Crippen LogP contribution in [0.25, 0.3) is 25.9 Å². The van der Waals surface area contributed by atoms with Gasteiger partial charge in [-0.2, -0.15) is 0 Å². The lowest BCUT2D eigenvalue weighted by Gasteiger charge is -2.01. The van der Waals surface area contributed by atoms with Crippen LogP contribution in [0.15, 0.2) is 66.6 Å². The fourth-order valence-corrected chi connectivity index (χ4v) is 4.41. The summed E-state index contributed by atoms with van der Waals surface area (Å²) in [6.45, 7) is 0. The van der Waals surface area contributed by atoms with E-state index >= 15 is 0 Å². The Balaban J connectivity index is 1.88. The number of hydrogen-bond donors (Lipinski definition) is 0. The highest BCUT2D eigenvalue weighted by Gasteiger charge is 2.16. The van der Waals surface area contributed by atoms with Crippen LogP contribution in [0.5, 0.6) is 0 Å². The second kappa shape index (κ2) is 6.03. The largest absolute Gasteiger partial charge is 0.297 e. The van der Waals surface area contributed by atoms with E-state index in [4.69, 9.17) is 0 Å². The van der Waals surface area contributed by atoms with Crippen LogP contribution in [0.1, 0.15) is 0 Å². The third-order valence-corrected chi connectivity index (χ3v) is 5.68. The summed E-state index contributed by atoms with van der Waals surface area (Å²) in [6.07, 6.45) is 5.41. The average Bonchev–Trinajstić information content (AvgIpc) is 3.33. The number of thiophene rings is 2. The van der Waals surface area contributed by atoms with Gasteiger partial charge in [-0.05, 0) is 23.1 Å². The molecule has 0 spiro atoms. The molecule has 0 atom stereocenters. The first kappa shape index (κ1) is 14.8. The van der Waals surface area contributed by atoms with Gasteiger partial charge in [0, 0.05) is 39.8 Å². The van der Waals surface area contributed by atoms with Crippen molar-refractivity contribution >= 4 is 28.4 Å². The summed E-state index contributed by atoms with van der Waals surface area (Å²) in [4.78, 5) is 16.9. The topological polar surface area (TPSA) is 61.0 Å². The van der Waals surface area contributed by atoms with Crippen LogP contribution in [0, 0.1) is 10.1 Å². The standard InChI is InChI=1S/C17H11N3O2S2/c21-20(22)13-4-1-3-12(9-13)16-10-14(15-5-2-8-23-15)17(24-16)19-7-6-18-11-19/h1-11H. The van der Waals surface area contributed by atoms with Crippen molar-refractivity contribution in [1.29, 1.82) is 0 Å². The highest BCUT2D eigenvalue weighted by molar-refractivity contribution is 7.19. The molecule has 5 nitrogen and oxygen atoms in total. The maximum absolute atomic E-state index is 11.0. The molecule has 0 unspecified atom stereocenters. The first-order chi connectivity index (χ1) is 11.7. The van der Waals surface area contributed by atoms with Crippen molar-refractivity contribution in [2.45, 2.75) is 0 Å². The number of non-ortho nitro benzene ring substituents is 1. The van der Waals surface area contributed by atoms with E-state index in [0.29, 0.717) is 0 Å². The molecule has 0 aliphatic heterocycles. The zero-order valence-corrected chi connectivity index (χ0v) is 14.0. The number of nitrogens with zero attached hydrogens (tertiary/aromatic N) is 3. The van der Waals surface area contributed by atoms with Gasteiger partial charge in [0.15, 0.2) is 0 Å². The Morgan fingerprint density at radius 3 is 2.75 bits per heavy atom. The maximum Gasteiger partial charge on any atom is 0.270 e. The number of imidazole rings is 1. The minimum absolute atomic E-state index is 0.0998. The minimum Gasteiger partial charge on any atom is -0.297 e. The van der Waals surface area contributed by atoms with E-state index in [1.165, 1.54) is 6.07 Å². The molecule has 0 bridgehead atoms. The van der Waals surface area contributed by atoms with E-state index in [0.717, 1.165) is 25.9 Å². The molecule has 0 radical (unpaired) electrons. The van der Waals surface area contributed by atoms with Gasteiger partial charge in [-0.25, -0.2) is 4.98 Å². The summed E-state index contributed by atoms with van der Waals surface area (Å²) >= 11 is 3.26. The minimum atomic E-state index is -0.367. The van der Waals surface area contributed by atoms with Gasteiger partial charge in [-0.1, -0.05) is 18.2 Å². The predicted octanol–water partition coefficient (Wildman–Crippen LogP) is 5.24. The molecule has 4 rings (SSSR count). The molecule has 4 aromatic rings. The zero-order chi connectivity index (χ0) is 16.5. The molecule has 0 aliphatic carbocycles. The molecule has 0 N–H and O–H groups in total. The Bertz CT molecular complexity index is 937. The first-order valence-corrected chi connectivity index (χ1v) is 8.83. The molecule has 0 saturated carbocycles. The summed E-state index contributed by atoms with van der Waals surface area (Å²) in [5, 5.41) is 14.1. The average molecular weight is 353 g/mol. The smallest absolute Gasteiger partial charge is 0.270 e. The second-order valence-electron chi connectivity index (χ2n) is 5.08. The van der Waals surface area contributed by atoms with Gasteiger partial charge in [-0.15, -0.1) is 22.7 Å². The van der Waals surface area contributed by atoms with Gasteiger partial charge in [-0.3, -0.25) is 14.7 Å².